The van der Waals surface area contributed by atoms with E-state index in [0.29, 0.717) is 36.5 Å². The van der Waals surface area contributed by atoms with Crippen molar-refractivity contribution < 1.29 is 9.84 Å². The molecule has 0 saturated heterocycles. The topological polar surface area (TPSA) is 95.9 Å². The Balaban J connectivity index is 2.40. The van der Waals surface area contributed by atoms with E-state index in [2.05, 4.69) is 30.6 Å². The molecule has 0 saturated carbocycles. The molecule has 0 unspecified atom stereocenters. The van der Waals surface area contributed by atoms with Gasteiger partial charge in [-0.3, -0.25) is 0 Å². The fraction of sp³-hybridized carbons (Fsp3) is 0.500. The van der Waals surface area contributed by atoms with Gasteiger partial charge in [0.15, 0.2) is 5.69 Å². The Morgan fingerprint density at radius 2 is 2.33 bits per heavy atom. The summed E-state index contributed by atoms with van der Waals surface area (Å²) >= 11 is 0. The van der Waals surface area contributed by atoms with E-state index in [9.17, 15) is 0 Å². The van der Waals surface area contributed by atoms with Gasteiger partial charge >= 0.3 is 0 Å². The van der Waals surface area contributed by atoms with Crippen molar-refractivity contribution in [3.8, 4) is 0 Å². The van der Waals surface area contributed by atoms with E-state index in [0.717, 1.165) is 5.69 Å². The van der Waals surface area contributed by atoms with Gasteiger partial charge in [0.2, 0.25) is 0 Å². The number of rotatable bonds is 2. The number of aryl methyl sites for hydroxylation is 1. The second-order valence-corrected chi connectivity index (χ2v) is 3.08. The molecule has 1 aromatic heterocycles. The molecular weight excluding hydrogens is 198 g/mol. The standard InChI is InChI=1S/C8H11N5O2/c1-2-9-10-7-5(11-14)3-4-6-8(7)13-15-12-6/h9,14H,2-4H2,1H3/b10-7-,11-5+. The van der Waals surface area contributed by atoms with Crippen LogP contribution in [-0.2, 0) is 6.42 Å². The fourth-order valence-corrected chi connectivity index (χ4v) is 1.42. The Morgan fingerprint density at radius 3 is 3.07 bits per heavy atom. The SMILES string of the molecule is CCN/N=C1/C(=N/O)CCc2nonc21. The van der Waals surface area contributed by atoms with Gasteiger partial charge in [0.05, 0.1) is 0 Å². The molecule has 0 radical (unpaired) electrons. The summed E-state index contributed by atoms with van der Waals surface area (Å²) in [5.74, 6) is 0. The molecule has 0 fully saturated rings. The van der Waals surface area contributed by atoms with Crippen LogP contribution in [0.25, 0.3) is 0 Å². The van der Waals surface area contributed by atoms with Crippen molar-refractivity contribution in [1.82, 2.24) is 15.7 Å². The minimum atomic E-state index is 0.499. The molecule has 0 aliphatic heterocycles. The predicted octanol–water partition coefficient (Wildman–Crippen LogP) is 0.160. The summed E-state index contributed by atoms with van der Waals surface area (Å²) < 4.78 is 4.63. The molecule has 0 aromatic carbocycles. The molecule has 1 heterocycles. The number of aromatic nitrogens is 2. The third-order valence-corrected chi connectivity index (χ3v) is 2.12. The van der Waals surface area contributed by atoms with Crippen molar-refractivity contribution >= 4 is 11.4 Å². The second kappa shape index (κ2) is 4.07. The van der Waals surface area contributed by atoms with Crippen LogP contribution in [0.3, 0.4) is 0 Å². The first kappa shape index (κ1) is 9.63. The van der Waals surface area contributed by atoms with Gasteiger partial charge in [0.25, 0.3) is 0 Å². The van der Waals surface area contributed by atoms with Crippen LogP contribution >= 0.6 is 0 Å². The van der Waals surface area contributed by atoms with Crippen LogP contribution in [-0.4, -0.2) is 33.5 Å². The number of hydrogen-bond donors (Lipinski definition) is 2. The maximum atomic E-state index is 8.82. The van der Waals surface area contributed by atoms with Gasteiger partial charge in [0.1, 0.15) is 17.1 Å². The zero-order valence-corrected chi connectivity index (χ0v) is 8.27. The highest BCUT2D eigenvalue weighted by Crippen LogP contribution is 2.16. The minimum Gasteiger partial charge on any atom is -0.411 e. The third-order valence-electron chi connectivity index (χ3n) is 2.12. The molecule has 1 aromatic rings. The number of fused-ring (bicyclic) bond motifs is 1. The first-order chi connectivity index (χ1) is 7.36. The lowest BCUT2D eigenvalue weighted by molar-refractivity contribution is 0.303. The van der Waals surface area contributed by atoms with Crippen molar-refractivity contribution in [2.75, 3.05) is 6.54 Å². The van der Waals surface area contributed by atoms with Gasteiger partial charge in [-0.1, -0.05) is 10.3 Å². The highest BCUT2D eigenvalue weighted by atomic mass is 16.6. The summed E-state index contributed by atoms with van der Waals surface area (Å²) in [5.41, 5.74) is 5.10. The van der Waals surface area contributed by atoms with Crippen LogP contribution in [0.4, 0.5) is 0 Å². The maximum Gasteiger partial charge on any atom is 0.160 e. The molecule has 0 amide bonds. The van der Waals surface area contributed by atoms with E-state index in [1.54, 1.807) is 0 Å². The van der Waals surface area contributed by atoms with Gasteiger partial charge in [-0.15, -0.1) is 0 Å². The lowest BCUT2D eigenvalue weighted by Crippen LogP contribution is -2.26. The van der Waals surface area contributed by atoms with Crippen LogP contribution in [0.5, 0.6) is 0 Å². The highest BCUT2D eigenvalue weighted by Gasteiger charge is 2.27. The summed E-state index contributed by atoms with van der Waals surface area (Å²) in [7, 11) is 0. The molecule has 0 atom stereocenters. The smallest absolute Gasteiger partial charge is 0.160 e. The predicted molar refractivity (Wildman–Crippen MR) is 52.1 cm³/mol. The largest absolute Gasteiger partial charge is 0.411 e. The van der Waals surface area contributed by atoms with Crippen molar-refractivity contribution in [1.29, 1.82) is 0 Å². The average Bonchev–Trinajstić information content (AvgIpc) is 2.73. The Labute approximate surface area is 85.8 Å². The molecule has 80 valence electrons. The lowest BCUT2D eigenvalue weighted by Gasteiger charge is -2.11. The van der Waals surface area contributed by atoms with Gasteiger partial charge in [-0.25, -0.2) is 4.63 Å². The Bertz CT molecular complexity index is 409. The van der Waals surface area contributed by atoms with Crippen molar-refractivity contribution in [2.45, 2.75) is 19.8 Å². The molecule has 0 spiro atoms. The summed E-state index contributed by atoms with van der Waals surface area (Å²) in [6.45, 7) is 2.60. The van der Waals surface area contributed by atoms with Gasteiger partial charge in [-0.05, 0) is 12.1 Å². The molecule has 2 N–H and O–H groups in total. The Hall–Kier alpha value is -1.92. The molecule has 0 bridgehead atoms. The monoisotopic (exact) mass is 209 g/mol. The first-order valence-corrected chi connectivity index (χ1v) is 4.70. The number of nitrogens with zero attached hydrogens (tertiary/aromatic N) is 4. The van der Waals surface area contributed by atoms with E-state index < -0.39 is 0 Å². The number of nitrogens with one attached hydrogen (secondary N) is 1. The fourth-order valence-electron chi connectivity index (χ4n) is 1.42. The first-order valence-electron chi connectivity index (χ1n) is 4.70. The highest BCUT2D eigenvalue weighted by molar-refractivity contribution is 6.48. The van der Waals surface area contributed by atoms with E-state index >= 15 is 0 Å². The summed E-state index contributed by atoms with van der Waals surface area (Å²) in [5, 5.41) is 23.6. The van der Waals surface area contributed by atoms with E-state index in [1.165, 1.54) is 0 Å². The Morgan fingerprint density at radius 1 is 1.47 bits per heavy atom. The third kappa shape index (κ3) is 1.67. The van der Waals surface area contributed by atoms with Gasteiger partial charge < -0.3 is 10.6 Å². The van der Waals surface area contributed by atoms with Crippen molar-refractivity contribution in [3.63, 3.8) is 0 Å². The molecular formula is C8H11N5O2. The van der Waals surface area contributed by atoms with Crippen molar-refractivity contribution in [2.24, 2.45) is 10.3 Å². The maximum absolute atomic E-state index is 8.82. The van der Waals surface area contributed by atoms with E-state index in [1.807, 2.05) is 6.92 Å². The molecule has 7 heteroatoms. The molecule has 1 aliphatic carbocycles. The number of oxime groups is 1. The lowest BCUT2D eigenvalue weighted by atomic mass is 9.97. The van der Waals surface area contributed by atoms with Gasteiger partial charge in [-0.2, -0.15) is 5.10 Å². The van der Waals surface area contributed by atoms with Gasteiger partial charge in [0, 0.05) is 19.4 Å². The van der Waals surface area contributed by atoms with Crippen LogP contribution in [0, 0.1) is 0 Å². The van der Waals surface area contributed by atoms with E-state index in [4.69, 9.17) is 5.21 Å². The molecule has 15 heavy (non-hydrogen) atoms. The molecule has 7 nitrogen and oxygen atoms in total. The van der Waals surface area contributed by atoms with Crippen LogP contribution < -0.4 is 5.43 Å². The van der Waals surface area contributed by atoms with Crippen molar-refractivity contribution in [3.05, 3.63) is 11.4 Å². The minimum absolute atomic E-state index is 0.499. The summed E-state index contributed by atoms with van der Waals surface area (Å²) in [6.07, 6.45) is 1.24. The normalized spacial score (nSPS) is 20.6. The number of hydrazone groups is 1. The Kier molecular flexibility index (Phi) is 2.61. The second-order valence-electron chi connectivity index (χ2n) is 3.08. The van der Waals surface area contributed by atoms with E-state index in [-0.39, 0.29) is 0 Å². The molecule has 2 rings (SSSR count). The average molecular weight is 209 g/mol. The van der Waals surface area contributed by atoms with Crippen LogP contribution in [0.15, 0.2) is 14.9 Å². The zero-order valence-electron chi connectivity index (χ0n) is 8.27. The summed E-state index contributed by atoms with van der Waals surface area (Å²) in [4.78, 5) is 0. The van der Waals surface area contributed by atoms with Crippen LogP contribution in [0.2, 0.25) is 0 Å². The van der Waals surface area contributed by atoms with Crippen LogP contribution in [0.1, 0.15) is 24.7 Å². The summed E-state index contributed by atoms with van der Waals surface area (Å²) in [6, 6.07) is 0. The molecule has 1 aliphatic rings. The quantitative estimate of drug-likeness (QED) is 0.534. The number of hydrogen-bond acceptors (Lipinski definition) is 7. The zero-order chi connectivity index (χ0) is 10.7.